The van der Waals surface area contributed by atoms with Crippen molar-refractivity contribution in [2.75, 3.05) is 107 Å². The van der Waals surface area contributed by atoms with Crippen LogP contribution < -0.4 is 5.73 Å². The third-order valence-corrected chi connectivity index (χ3v) is 5.76. The van der Waals surface area contributed by atoms with Gasteiger partial charge < -0.3 is 35.1 Å². The molecule has 0 spiro atoms. The molecule has 0 aromatic heterocycles. The van der Waals surface area contributed by atoms with Gasteiger partial charge in [-0.15, -0.1) is 0 Å². The van der Waals surface area contributed by atoms with Gasteiger partial charge in [0.2, 0.25) is 17.7 Å². The van der Waals surface area contributed by atoms with E-state index in [2.05, 4.69) is 14.7 Å². The fourth-order valence-electron chi connectivity index (χ4n) is 3.05. The topological polar surface area (TPSA) is 96.7 Å². The van der Waals surface area contributed by atoms with Crippen LogP contribution in [0.1, 0.15) is 20.8 Å². The van der Waals surface area contributed by atoms with Crippen molar-refractivity contribution < 1.29 is 14.4 Å². The first kappa shape index (κ1) is 30.2. The van der Waals surface area contributed by atoms with Crippen LogP contribution in [0, 0.1) is 0 Å². The molecule has 0 fully saturated rings. The van der Waals surface area contributed by atoms with Gasteiger partial charge in [-0.2, -0.15) is 0 Å². The van der Waals surface area contributed by atoms with Gasteiger partial charge in [-0.25, -0.2) is 0 Å². The Morgan fingerprint density at radius 3 is 1.09 bits per heavy atom. The molecule has 0 bridgehead atoms. The van der Waals surface area contributed by atoms with Crippen molar-refractivity contribution in [1.82, 2.24) is 29.4 Å². The fourth-order valence-corrected chi connectivity index (χ4v) is 3.05. The Morgan fingerprint density at radius 2 is 0.812 bits per heavy atom. The minimum Gasteiger partial charge on any atom is -0.345 e. The summed E-state index contributed by atoms with van der Waals surface area (Å²) in [7, 11) is 7.81. The molecular weight excluding hydrogens is 410 g/mol. The lowest BCUT2D eigenvalue weighted by atomic mass is 10.3. The zero-order chi connectivity index (χ0) is 24.7. The Hall–Kier alpha value is -1.75. The molecule has 10 nitrogen and oxygen atoms in total. The van der Waals surface area contributed by atoms with Crippen LogP contribution in [0.4, 0.5) is 0 Å². The molecule has 32 heavy (non-hydrogen) atoms. The largest absolute Gasteiger partial charge is 0.345 e. The summed E-state index contributed by atoms with van der Waals surface area (Å²) in [6, 6.07) is 0. The van der Waals surface area contributed by atoms with Gasteiger partial charge >= 0.3 is 0 Å². The van der Waals surface area contributed by atoms with E-state index in [1.54, 1.807) is 32.7 Å². The molecule has 2 N–H and O–H groups in total. The van der Waals surface area contributed by atoms with Crippen LogP contribution in [-0.4, -0.2) is 154 Å². The van der Waals surface area contributed by atoms with Crippen molar-refractivity contribution in [2.24, 2.45) is 5.73 Å². The van der Waals surface area contributed by atoms with Crippen molar-refractivity contribution >= 4 is 17.7 Å². The zero-order valence-electron chi connectivity index (χ0n) is 21.5. The molecule has 0 saturated carbocycles. The van der Waals surface area contributed by atoms with Crippen LogP contribution in [0.25, 0.3) is 0 Å². The second kappa shape index (κ2) is 16.8. The molecule has 10 heteroatoms. The quantitative estimate of drug-likeness (QED) is 0.297. The number of likely N-dealkylation sites (N-methyl/N-ethyl adjacent to an activating group) is 4. The number of carbonyl (C=O) groups is 3. The normalized spacial score (nSPS) is 11.3. The van der Waals surface area contributed by atoms with Gasteiger partial charge in [0.25, 0.3) is 0 Å². The highest BCUT2D eigenvalue weighted by molar-refractivity contribution is 5.73. The van der Waals surface area contributed by atoms with Gasteiger partial charge in [0, 0.05) is 106 Å². The monoisotopic (exact) mass is 457 g/mol. The minimum absolute atomic E-state index is 0.0534. The van der Waals surface area contributed by atoms with Crippen LogP contribution in [0.15, 0.2) is 0 Å². The SMILES string of the molecule is CC(=O)N(C)CCN(C)CCN(CCN(C)CCN(CCN(C)CCN)C(C)=O)C(C)=O. The molecular formula is C22H47N7O3. The van der Waals surface area contributed by atoms with Crippen LogP contribution in [0.2, 0.25) is 0 Å². The van der Waals surface area contributed by atoms with Gasteiger partial charge in [0.1, 0.15) is 0 Å². The molecule has 0 rings (SSSR count). The molecule has 3 amide bonds. The molecule has 0 saturated heterocycles. The smallest absolute Gasteiger partial charge is 0.219 e. The summed E-state index contributed by atoms with van der Waals surface area (Å²) in [6.07, 6.45) is 0. The first-order chi connectivity index (χ1) is 15.0. The first-order valence-electron chi connectivity index (χ1n) is 11.5. The Balaban J connectivity index is 4.37. The van der Waals surface area contributed by atoms with E-state index in [-0.39, 0.29) is 17.7 Å². The van der Waals surface area contributed by atoms with Crippen molar-refractivity contribution in [3.05, 3.63) is 0 Å². The highest BCUT2D eigenvalue weighted by Crippen LogP contribution is 1.97. The van der Waals surface area contributed by atoms with Gasteiger partial charge in [-0.3, -0.25) is 14.4 Å². The second-order valence-electron chi connectivity index (χ2n) is 8.65. The first-order valence-corrected chi connectivity index (χ1v) is 11.5. The number of nitrogens with two attached hydrogens (primary N) is 1. The Kier molecular flexibility index (Phi) is 15.9. The van der Waals surface area contributed by atoms with E-state index in [4.69, 9.17) is 5.73 Å². The van der Waals surface area contributed by atoms with E-state index in [0.717, 1.165) is 39.3 Å². The number of amides is 3. The summed E-state index contributed by atoms with van der Waals surface area (Å²) in [5.74, 6) is 0.182. The number of rotatable bonds is 17. The van der Waals surface area contributed by atoms with E-state index >= 15 is 0 Å². The van der Waals surface area contributed by atoms with E-state index in [9.17, 15) is 14.4 Å². The maximum atomic E-state index is 12.1. The minimum atomic E-state index is 0.0534. The van der Waals surface area contributed by atoms with Gasteiger partial charge in [0.15, 0.2) is 0 Å². The third kappa shape index (κ3) is 14.3. The van der Waals surface area contributed by atoms with Crippen LogP contribution >= 0.6 is 0 Å². The standard InChI is InChI=1S/C22H47N7O3/c1-20(30)27(7)15-10-25(5)12-17-29(22(3)32)19-14-26(6)13-18-28(21(2)31)16-11-24(4)9-8-23/h8-19,23H2,1-7H3. The van der Waals surface area contributed by atoms with Crippen molar-refractivity contribution in [1.29, 1.82) is 0 Å². The Morgan fingerprint density at radius 1 is 0.500 bits per heavy atom. The van der Waals surface area contributed by atoms with E-state index < -0.39 is 0 Å². The summed E-state index contributed by atoms with van der Waals surface area (Å²) in [5, 5.41) is 0. The summed E-state index contributed by atoms with van der Waals surface area (Å²) in [5.41, 5.74) is 5.57. The molecule has 0 unspecified atom stereocenters. The average Bonchev–Trinajstić information content (AvgIpc) is 2.71. The molecule has 0 aliphatic carbocycles. The Bertz CT molecular complexity index is 562. The molecule has 0 aromatic rings. The van der Waals surface area contributed by atoms with Gasteiger partial charge in [-0.1, -0.05) is 0 Å². The molecule has 0 aliphatic heterocycles. The lowest BCUT2D eigenvalue weighted by Crippen LogP contribution is -2.44. The van der Waals surface area contributed by atoms with Crippen molar-refractivity contribution in [2.45, 2.75) is 20.8 Å². The summed E-state index contributed by atoms with van der Waals surface area (Å²) < 4.78 is 0. The van der Waals surface area contributed by atoms with Crippen LogP contribution in [0.5, 0.6) is 0 Å². The highest BCUT2D eigenvalue weighted by Gasteiger charge is 2.14. The number of hydrogen-bond donors (Lipinski definition) is 1. The molecule has 0 heterocycles. The van der Waals surface area contributed by atoms with E-state index in [0.29, 0.717) is 39.3 Å². The number of nitrogens with zero attached hydrogens (tertiary/aromatic N) is 6. The predicted molar refractivity (Wildman–Crippen MR) is 129 cm³/mol. The third-order valence-electron chi connectivity index (χ3n) is 5.76. The molecule has 0 aliphatic rings. The number of carbonyl (C=O) groups excluding carboxylic acids is 3. The van der Waals surface area contributed by atoms with Crippen LogP contribution in [-0.2, 0) is 14.4 Å². The molecule has 188 valence electrons. The lowest BCUT2D eigenvalue weighted by molar-refractivity contribution is -0.129. The lowest BCUT2D eigenvalue weighted by Gasteiger charge is -2.29. The number of hydrogen-bond acceptors (Lipinski definition) is 7. The second-order valence-corrected chi connectivity index (χ2v) is 8.65. The maximum absolute atomic E-state index is 12.1. The van der Waals surface area contributed by atoms with E-state index in [1.807, 2.05) is 30.9 Å². The van der Waals surface area contributed by atoms with Crippen molar-refractivity contribution in [3.63, 3.8) is 0 Å². The average molecular weight is 458 g/mol. The van der Waals surface area contributed by atoms with Crippen molar-refractivity contribution in [3.8, 4) is 0 Å². The van der Waals surface area contributed by atoms with Gasteiger partial charge in [0.05, 0.1) is 0 Å². The van der Waals surface area contributed by atoms with Crippen LogP contribution in [0.3, 0.4) is 0 Å². The Labute approximate surface area is 195 Å². The summed E-state index contributed by atoms with van der Waals surface area (Å²) >= 11 is 0. The van der Waals surface area contributed by atoms with Gasteiger partial charge in [-0.05, 0) is 21.1 Å². The molecule has 0 aromatic carbocycles. The predicted octanol–water partition coefficient (Wildman–Crippen LogP) is -1.08. The maximum Gasteiger partial charge on any atom is 0.219 e. The molecule has 0 radical (unpaired) electrons. The summed E-state index contributed by atoms with van der Waals surface area (Å²) in [4.78, 5) is 47.1. The molecule has 0 atom stereocenters. The highest BCUT2D eigenvalue weighted by atomic mass is 16.2. The summed E-state index contributed by atoms with van der Waals surface area (Å²) in [6.45, 7) is 13.3. The fraction of sp³-hybridized carbons (Fsp3) is 0.864. The van der Waals surface area contributed by atoms with E-state index in [1.165, 1.54) is 0 Å². The zero-order valence-corrected chi connectivity index (χ0v) is 21.5.